The summed E-state index contributed by atoms with van der Waals surface area (Å²) in [6.45, 7) is 0. The summed E-state index contributed by atoms with van der Waals surface area (Å²) in [6.07, 6.45) is 11.1. The van der Waals surface area contributed by atoms with E-state index >= 15 is 0 Å². The smallest absolute Gasteiger partial charge is 0.0536 e. The van der Waals surface area contributed by atoms with Crippen molar-refractivity contribution in [1.82, 2.24) is 0 Å². The van der Waals surface area contributed by atoms with Gasteiger partial charge in [0.05, 0.1) is 5.69 Å². The molecule has 0 atom stereocenters. The molecule has 0 aromatic heterocycles. The van der Waals surface area contributed by atoms with Gasteiger partial charge in [0.15, 0.2) is 0 Å². The Morgan fingerprint density at radius 1 is 0.424 bits per heavy atom. The summed E-state index contributed by atoms with van der Waals surface area (Å²) >= 11 is 0. The Morgan fingerprint density at radius 2 is 1.02 bits per heavy atom. The molecule has 2 aliphatic rings. The number of hydrogen-bond donors (Lipinski definition) is 0. The molecule has 284 valence electrons. The van der Waals surface area contributed by atoms with Gasteiger partial charge in [-0.2, -0.15) is 0 Å². The highest BCUT2D eigenvalue weighted by Crippen LogP contribution is 2.44. The lowest BCUT2D eigenvalue weighted by molar-refractivity contribution is 0.442. The number of rotatable bonds is 7. The fraction of sp³-hybridized carbons (Fsp3) is 0.138. The topological polar surface area (TPSA) is 3.24 Å². The molecule has 0 saturated heterocycles. The number of anilines is 3. The molecule has 1 nitrogen and oxygen atoms in total. The Bertz CT molecular complexity index is 3160. The molecule has 0 bridgehead atoms. The van der Waals surface area contributed by atoms with Gasteiger partial charge in [-0.05, 0) is 138 Å². The molecule has 0 heterocycles. The first-order valence-corrected chi connectivity index (χ1v) is 21.6. The van der Waals surface area contributed by atoms with Crippen LogP contribution in [-0.2, 0) is 0 Å². The van der Waals surface area contributed by atoms with E-state index in [2.05, 4.69) is 199 Å². The van der Waals surface area contributed by atoms with Crippen molar-refractivity contribution in [2.45, 2.75) is 50.9 Å². The maximum Gasteiger partial charge on any atom is 0.0536 e. The van der Waals surface area contributed by atoms with E-state index in [4.69, 9.17) is 0 Å². The highest BCUT2D eigenvalue weighted by Gasteiger charge is 2.24. The van der Waals surface area contributed by atoms with Crippen molar-refractivity contribution in [2.75, 3.05) is 4.90 Å². The van der Waals surface area contributed by atoms with Crippen molar-refractivity contribution in [3.63, 3.8) is 0 Å². The normalized spacial score (nSPS) is 14.3. The molecule has 9 aromatic carbocycles. The molecule has 1 heteroatoms. The van der Waals surface area contributed by atoms with Crippen LogP contribution in [0.5, 0.6) is 0 Å². The highest BCUT2D eigenvalue weighted by atomic mass is 15.1. The van der Waals surface area contributed by atoms with E-state index in [1.165, 1.54) is 114 Å². The average molecular weight is 758 g/mol. The number of benzene rings is 9. The zero-order valence-corrected chi connectivity index (χ0v) is 33.4. The lowest BCUT2D eigenvalue weighted by atomic mass is 9.80. The molecule has 1 saturated carbocycles. The van der Waals surface area contributed by atoms with Gasteiger partial charge in [-0.25, -0.2) is 0 Å². The molecule has 0 unspecified atom stereocenters. The molecule has 0 aliphatic heterocycles. The molecule has 9 aromatic rings. The van der Waals surface area contributed by atoms with Crippen molar-refractivity contribution >= 4 is 61.0 Å². The van der Waals surface area contributed by atoms with Gasteiger partial charge in [0.25, 0.3) is 0 Å². The predicted octanol–water partition coefficient (Wildman–Crippen LogP) is 14.8. The Kier molecular flexibility index (Phi) is 9.16. The van der Waals surface area contributed by atoms with Gasteiger partial charge in [0, 0.05) is 16.9 Å². The molecule has 1 fully saturated rings. The molecule has 0 radical (unpaired) electrons. The van der Waals surface area contributed by atoms with Crippen LogP contribution in [0.15, 0.2) is 188 Å². The van der Waals surface area contributed by atoms with Crippen LogP contribution in [0.1, 0.15) is 62.0 Å². The van der Waals surface area contributed by atoms with Gasteiger partial charge >= 0.3 is 0 Å². The van der Waals surface area contributed by atoms with Crippen molar-refractivity contribution in [3.8, 4) is 22.3 Å². The van der Waals surface area contributed by atoms with Crippen LogP contribution in [0.25, 0.3) is 66.2 Å². The van der Waals surface area contributed by atoms with E-state index in [1.54, 1.807) is 5.56 Å². The fourth-order valence-electron chi connectivity index (χ4n) is 10.4. The Balaban J connectivity index is 1.14. The lowest BCUT2D eigenvalue weighted by Crippen LogP contribution is -2.35. The van der Waals surface area contributed by atoms with Crippen LogP contribution in [0, 0.1) is 0 Å². The second-order valence-electron chi connectivity index (χ2n) is 16.5. The minimum Gasteiger partial charge on any atom is -0.310 e. The van der Waals surface area contributed by atoms with Crippen LogP contribution in [0.3, 0.4) is 0 Å². The van der Waals surface area contributed by atoms with Crippen molar-refractivity contribution in [3.05, 3.63) is 210 Å². The van der Waals surface area contributed by atoms with E-state index in [-0.39, 0.29) is 0 Å². The zero-order valence-electron chi connectivity index (χ0n) is 33.4. The monoisotopic (exact) mass is 757 g/mol. The maximum atomic E-state index is 2.53. The molecular formula is C58H47N. The van der Waals surface area contributed by atoms with E-state index < -0.39 is 0 Å². The van der Waals surface area contributed by atoms with Gasteiger partial charge in [0.2, 0.25) is 0 Å². The third-order valence-corrected chi connectivity index (χ3v) is 13.1. The van der Waals surface area contributed by atoms with Crippen LogP contribution in [0.2, 0.25) is 0 Å². The van der Waals surface area contributed by atoms with Gasteiger partial charge in [-0.3, -0.25) is 0 Å². The molecule has 2 aliphatic carbocycles. The Hall–Kier alpha value is -6.70. The number of fused-ring (bicyclic) bond motifs is 5. The predicted molar refractivity (Wildman–Crippen MR) is 252 cm³/mol. The first-order valence-electron chi connectivity index (χ1n) is 21.6. The third-order valence-electron chi connectivity index (χ3n) is 13.1. The molecular weight excluding hydrogens is 711 g/mol. The van der Waals surface area contributed by atoms with Gasteiger partial charge in [-0.15, -0.1) is 0 Å². The quantitative estimate of drug-likeness (QED) is 0.146. The highest BCUT2D eigenvalue weighted by molar-refractivity contribution is 6.12. The van der Waals surface area contributed by atoms with Crippen molar-refractivity contribution in [1.29, 1.82) is 0 Å². The zero-order chi connectivity index (χ0) is 39.1. The summed E-state index contributed by atoms with van der Waals surface area (Å²) in [5, 5.41) is 10.5. The summed E-state index contributed by atoms with van der Waals surface area (Å²) < 4.78 is 0. The van der Waals surface area contributed by atoms with E-state index in [9.17, 15) is 0 Å². The Morgan fingerprint density at radius 3 is 1.81 bits per heavy atom. The van der Waals surface area contributed by atoms with Crippen LogP contribution in [-0.4, -0.2) is 0 Å². The van der Waals surface area contributed by atoms with Gasteiger partial charge in [0.1, 0.15) is 0 Å². The minimum absolute atomic E-state index is 0.621. The standard InChI is InChI=1S/C58H47N/c1-2-16-41(17-3-1)52-32-13-21-43-22-14-34-56(58(43)52)55-29-8-9-35-57(55)59(46-25-10-23-44(38-46)50-30-12-20-40-18-4-6-27-48(40)50)47-26-11-24-45(39-47)51-31-15-33-53-49-28-7-5-19-42(49)36-37-54(51)53/h4-13,15,18-33,35-39,41H,1-3,14,16-17,34H2. The molecule has 0 spiro atoms. The summed E-state index contributed by atoms with van der Waals surface area (Å²) in [5.41, 5.74) is 12.8. The number of para-hydroxylation sites is 1. The second-order valence-corrected chi connectivity index (χ2v) is 16.5. The largest absolute Gasteiger partial charge is 0.310 e. The van der Waals surface area contributed by atoms with Gasteiger partial charge in [-0.1, -0.05) is 183 Å². The third kappa shape index (κ3) is 6.43. The molecule has 0 amide bonds. The summed E-state index contributed by atoms with van der Waals surface area (Å²) in [5.74, 6) is 0.621. The van der Waals surface area contributed by atoms with E-state index in [0.717, 1.165) is 24.2 Å². The first kappa shape index (κ1) is 35.5. The van der Waals surface area contributed by atoms with Crippen molar-refractivity contribution in [2.24, 2.45) is 0 Å². The molecule has 11 rings (SSSR count). The SMILES string of the molecule is C1=c2cccc(C3CCCCC3)c2=C(c2ccccc2N(c2cccc(-c3cccc4ccccc34)c2)c2cccc(-c3cccc4c3ccc3ccccc34)c2)CC1. The summed E-state index contributed by atoms with van der Waals surface area (Å²) in [6, 6.07) is 70.2. The molecule has 59 heavy (non-hydrogen) atoms. The van der Waals surface area contributed by atoms with Crippen molar-refractivity contribution < 1.29 is 0 Å². The van der Waals surface area contributed by atoms with Gasteiger partial charge < -0.3 is 4.90 Å². The van der Waals surface area contributed by atoms with E-state index in [1.807, 2.05) is 0 Å². The van der Waals surface area contributed by atoms with Crippen LogP contribution in [0.4, 0.5) is 17.1 Å². The van der Waals surface area contributed by atoms with Crippen LogP contribution >= 0.6 is 0 Å². The minimum atomic E-state index is 0.621. The van der Waals surface area contributed by atoms with E-state index in [0.29, 0.717) is 5.92 Å². The number of hydrogen-bond acceptors (Lipinski definition) is 1. The first-order chi connectivity index (χ1) is 29.3. The second kappa shape index (κ2) is 15.2. The average Bonchev–Trinajstić information content (AvgIpc) is 3.31. The summed E-state index contributed by atoms with van der Waals surface area (Å²) in [7, 11) is 0. The van der Waals surface area contributed by atoms with Crippen LogP contribution < -0.4 is 15.3 Å². The lowest BCUT2D eigenvalue weighted by Gasteiger charge is -2.30. The maximum absolute atomic E-state index is 2.53. The summed E-state index contributed by atoms with van der Waals surface area (Å²) in [4.78, 5) is 2.53. The number of nitrogens with zero attached hydrogens (tertiary/aromatic N) is 1. The molecule has 0 N–H and O–H groups in total. The fourth-order valence-corrected chi connectivity index (χ4v) is 10.4. The Labute approximate surface area is 347 Å².